The van der Waals surface area contributed by atoms with Gasteiger partial charge in [0, 0.05) is 32.2 Å². The fraction of sp³-hybridized carbons (Fsp3) is 0.500. The maximum Gasteiger partial charge on any atom is 0.289 e. The van der Waals surface area contributed by atoms with E-state index in [0.29, 0.717) is 17.2 Å². The average molecular weight is 209 g/mol. The monoisotopic (exact) mass is 209 g/mol. The maximum atomic E-state index is 11.9. The Bertz CT molecular complexity index is 347. The van der Waals surface area contributed by atoms with Gasteiger partial charge in [0.15, 0.2) is 5.76 Å². The summed E-state index contributed by atoms with van der Waals surface area (Å²) in [6.45, 7) is 4.86. The molecule has 0 bridgehead atoms. The van der Waals surface area contributed by atoms with Gasteiger partial charge >= 0.3 is 0 Å². The summed E-state index contributed by atoms with van der Waals surface area (Å²) in [4.78, 5) is 13.7. The number of hydrogen-bond donors (Lipinski definition) is 2. The van der Waals surface area contributed by atoms with Gasteiger partial charge in [-0.15, -0.1) is 0 Å². The molecule has 5 nitrogen and oxygen atoms in total. The first-order chi connectivity index (χ1) is 7.18. The summed E-state index contributed by atoms with van der Waals surface area (Å²) >= 11 is 0. The molecule has 0 saturated carbocycles. The van der Waals surface area contributed by atoms with Crippen molar-refractivity contribution < 1.29 is 9.21 Å². The number of carbonyl (C=O) groups is 1. The summed E-state index contributed by atoms with van der Waals surface area (Å²) < 4.78 is 5.29. The Morgan fingerprint density at radius 2 is 2.20 bits per heavy atom. The van der Waals surface area contributed by atoms with Crippen molar-refractivity contribution in [1.29, 1.82) is 0 Å². The number of furan rings is 1. The number of nitrogens with two attached hydrogens (primary N) is 1. The largest absolute Gasteiger partial charge is 0.454 e. The Kier molecular flexibility index (Phi) is 2.64. The van der Waals surface area contributed by atoms with Crippen LogP contribution < -0.4 is 11.1 Å². The van der Waals surface area contributed by atoms with Crippen LogP contribution in [-0.4, -0.2) is 37.0 Å². The second-order valence-corrected chi connectivity index (χ2v) is 3.66. The second-order valence-electron chi connectivity index (χ2n) is 3.66. The minimum Gasteiger partial charge on any atom is -0.454 e. The lowest BCUT2D eigenvalue weighted by atomic mass is 10.3. The molecule has 3 N–H and O–H groups in total. The summed E-state index contributed by atoms with van der Waals surface area (Å²) in [6.07, 6.45) is 0. The molecule has 1 aliphatic rings. The topological polar surface area (TPSA) is 71.5 Å². The first-order valence-electron chi connectivity index (χ1n) is 5.04. The highest BCUT2D eigenvalue weighted by atomic mass is 16.4. The van der Waals surface area contributed by atoms with Gasteiger partial charge in [0.1, 0.15) is 5.76 Å². The number of amides is 1. The molecule has 5 heteroatoms. The van der Waals surface area contributed by atoms with Crippen LogP contribution in [0.25, 0.3) is 0 Å². The molecule has 1 amide bonds. The van der Waals surface area contributed by atoms with Gasteiger partial charge in [0.25, 0.3) is 5.91 Å². The predicted molar refractivity (Wildman–Crippen MR) is 56.6 cm³/mol. The number of nitrogens with zero attached hydrogens (tertiary/aromatic N) is 1. The molecule has 15 heavy (non-hydrogen) atoms. The molecule has 1 fully saturated rings. The quantitative estimate of drug-likeness (QED) is 0.694. The SMILES string of the molecule is Cc1oc(C(=O)N2CCNCC2)cc1N. The number of nitrogen functional groups attached to an aromatic ring is 1. The number of aryl methyl sites for hydroxylation is 1. The van der Waals surface area contributed by atoms with E-state index in [1.54, 1.807) is 17.9 Å². The molecule has 2 heterocycles. The lowest BCUT2D eigenvalue weighted by Crippen LogP contribution is -2.46. The van der Waals surface area contributed by atoms with Gasteiger partial charge in [-0.1, -0.05) is 0 Å². The molecule has 0 atom stereocenters. The Morgan fingerprint density at radius 3 is 2.73 bits per heavy atom. The molecule has 2 rings (SSSR count). The molecule has 0 aliphatic carbocycles. The Balaban J connectivity index is 2.12. The Labute approximate surface area is 88.2 Å². The smallest absolute Gasteiger partial charge is 0.289 e. The zero-order valence-electron chi connectivity index (χ0n) is 8.75. The minimum atomic E-state index is -0.0729. The van der Waals surface area contributed by atoms with Crippen LogP contribution in [0, 0.1) is 6.92 Å². The van der Waals surface area contributed by atoms with E-state index in [1.807, 2.05) is 0 Å². The summed E-state index contributed by atoms with van der Waals surface area (Å²) in [5.41, 5.74) is 6.17. The highest BCUT2D eigenvalue weighted by molar-refractivity contribution is 5.92. The molecular weight excluding hydrogens is 194 g/mol. The fourth-order valence-electron chi connectivity index (χ4n) is 1.63. The van der Waals surface area contributed by atoms with Gasteiger partial charge in [-0.25, -0.2) is 0 Å². The number of anilines is 1. The van der Waals surface area contributed by atoms with Crippen LogP contribution in [0.5, 0.6) is 0 Å². The van der Waals surface area contributed by atoms with Gasteiger partial charge in [-0.2, -0.15) is 0 Å². The zero-order valence-corrected chi connectivity index (χ0v) is 8.75. The van der Waals surface area contributed by atoms with Crippen molar-refractivity contribution >= 4 is 11.6 Å². The van der Waals surface area contributed by atoms with E-state index < -0.39 is 0 Å². The fourth-order valence-corrected chi connectivity index (χ4v) is 1.63. The Morgan fingerprint density at radius 1 is 1.53 bits per heavy atom. The van der Waals surface area contributed by atoms with Crippen molar-refractivity contribution in [2.45, 2.75) is 6.92 Å². The molecule has 1 aliphatic heterocycles. The van der Waals surface area contributed by atoms with E-state index in [0.717, 1.165) is 26.2 Å². The summed E-state index contributed by atoms with van der Waals surface area (Å²) in [7, 11) is 0. The molecule has 0 aromatic carbocycles. The van der Waals surface area contributed by atoms with Crippen molar-refractivity contribution in [1.82, 2.24) is 10.2 Å². The number of rotatable bonds is 1. The lowest BCUT2D eigenvalue weighted by Gasteiger charge is -2.26. The van der Waals surface area contributed by atoms with E-state index in [1.165, 1.54) is 0 Å². The van der Waals surface area contributed by atoms with Crippen molar-refractivity contribution in [3.05, 3.63) is 17.6 Å². The van der Waals surface area contributed by atoms with Crippen molar-refractivity contribution in [2.75, 3.05) is 31.9 Å². The molecule has 1 aromatic rings. The van der Waals surface area contributed by atoms with E-state index in [9.17, 15) is 4.79 Å². The van der Waals surface area contributed by atoms with Crippen LogP contribution in [-0.2, 0) is 0 Å². The molecular formula is C10H15N3O2. The number of carbonyl (C=O) groups excluding carboxylic acids is 1. The highest BCUT2D eigenvalue weighted by Gasteiger charge is 2.21. The zero-order chi connectivity index (χ0) is 10.8. The van der Waals surface area contributed by atoms with Crippen LogP contribution in [0.3, 0.4) is 0 Å². The van der Waals surface area contributed by atoms with Gasteiger partial charge < -0.3 is 20.4 Å². The van der Waals surface area contributed by atoms with E-state index in [2.05, 4.69) is 5.32 Å². The van der Waals surface area contributed by atoms with E-state index in [4.69, 9.17) is 10.2 Å². The van der Waals surface area contributed by atoms with Crippen molar-refractivity contribution in [2.24, 2.45) is 0 Å². The Hall–Kier alpha value is -1.49. The molecule has 0 spiro atoms. The van der Waals surface area contributed by atoms with Crippen LogP contribution in [0.15, 0.2) is 10.5 Å². The molecule has 0 unspecified atom stereocenters. The first-order valence-corrected chi connectivity index (χ1v) is 5.04. The third-order valence-corrected chi connectivity index (χ3v) is 2.57. The van der Waals surface area contributed by atoms with Gasteiger partial charge in [0.05, 0.1) is 5.69 Å². The third-order valence-electron chi connectivity index (χ3n) is 2.57. The summed E-state index contributed by atoms with van der Waals surface area (Å²) in [5, 5.41) is 3.19. The standard InChI is InChI=1S/C10H15N3O2/c1-7-8(11)6-9(15-7)10(14)13-4-2-12-3-5-13/h6,12H,2-5,11H2,1H3. The van der Waals surface area contributed by atoms with Crippen molar-refractivity contribution in [3.8, 4) is 0 Å². The normalized spacial score (nSPS) is 16.7. The van der Waals surface area contributed by atoms with E-state index in [-0.39, 0.29) is 5.91 Å². The van der Waals surface area contributed by atoms with Gasteiger partial charge in [-0.05, 0) is 6.92 Å². The van der Waals surface area contributed by atoms with Crippen LogP contribution >= 0.6 is 0 Å². The third kappa shape index (κ3) is 1.97. The first kappa shape index (κ1) is 10.0. The van der Waals surface area contributed by atoms with Gasteiger partial charge in [-0.3, -0.25) is 4.79 Å². The van der Waals surface area contributed by atoms with Crippen LogP contribution in [0.1, 0.15) is 16.3 Å². The number of nitrogens with one attached hydrogen (secondary N) is 1. The lowest BCUT2D eigenvalue weighted by molar-refractivity contribution is 0.0702. The van der Waals surface area contributed by atoms with Gasteiger partial charge in [0.2, 0.25) is 0 Å². The summed E-state index contributed by atoms with van der Waals surface area (Å²) in [6, 6.07) is 1.60. The molecule has 1 aromatic heterocycles. The molecule has 82 valence electrons. The van der Waals surface area contributed by atoms with Crippen molar-refractivity contribution in [3.63, 3.8) is 0 Å². The molecule has 0 radical (unpaired) electrons. The van der Waals surface area contributed by atoms with Crippen LogP contribution in [0.2, 0.25) is 0 Å². The minimum absolute atomic E-state index is 0.0729. The number of piperazine rings is 1. The summed E-state index contributed by atoms with van der Waals surface area (Å²) in [5.74, 6) is 0.872. The number of hydrogen-bond acceptors (Lipinski definition) is 4. The molecule has 1 saturated heterocycles. The highest BCUT2D eigenvalue weighted by Crippen LogP contribution is 2.17. The average Bonchev–Trinajstić information content (AvgIpc) is 2.59. The maximum absolute atomic E-state index is 11.9. The van der Waals surface area contributed by atoms with E-state index >= 15 is 0 Å². The predicted octanol–water partition coefficient (Wildman–Crippen LogP) is 0.216. The van der Waals surface area contributed by atoms with Crippen LogP contribution in [0.4, 0.5) is 5.69 Å². The second kappa shape index (κ2) is 3.94.